The zero-order chi connectivity index (χ0) is 24.6. The van der Waals surface area contributed by atoms with Gasteiger partial charge in [0.25, 0.3) is 11.8 Å². The standard InChI is InChI=1S/C25H27N5O4S/c1-3-33-12-4-9-27-18-14-21-20(30-24(31)15-34-21)13-19(18)28-16(2)29-25(32)23-6-5-22(35-23)17-7-10-26-11-8-17/h5-8,10-11,13-14,27H,3-4,9,12,15H2,1-2H3,(H,30,31)(H,28,29,32). The number of pyridine rings is 1. The molecule has 2 amide bonds. The van der Waals surface area contributed by atoms with Crippen LogP contribution >= 0.6 is 11.3 Å². The molecule has 0 fully saturated rings. The Balaban J connectivity index is 1.50. The number of anilines is 2. The number of aliphatic imine (C=N–C) groups is 1. The summed E-state index contributed by atoms with van der Waals surface area (Å²) in [7, 11) is 0. The number of amides is 2. The third-order valence-electron chi connectivity index (χ3n) is 5.09. The van der Waals surface area contributed by atoms with Crippen molar-refractivity contribution in [2.24, 2.45) is 4.99 Å². The van der Waals surface area contributed by atoms with Crippen LogP contribution in [0.3, 0.4) is 0 Å². The summed E-state index contributed by atoms with van der Waals surface area (Å²) in [5.74, 6) is 0.531. The summed E-state index contributed by atoms with van der Waals surface area (Å²) in [6.45, 7) is 5.65. The van der Waals surface area contributed by atoms with Crippen LogP contribution in [0.2, 0.25) is 0 Å². The van der Waals surface area contributed by atoms with E-state index in [0.717, 1.165) is 22.5 Å². The molecule has 3 heterocycles. The van der Waals surface area contributed by atoms with Crippen LogP contribution in [-0.4, -0.2) is 49.0 Å². The second-order valence-electron chi connectivity index (χ2n) is 7.73. The number of carbonyl (C=O) groups excluding carboxylic acids is 2. The van der Waals surface area contributed by atoms with E-state index in [4.69, 9.17) is 9.47 Å². The van der Waals surface area contributed by atoms with Gasteiger partial charge in [0.05, 0.1) is 21.9 Å². The summed E-state index contributed by atoms with van der Waals surface area (Å²) in [6, 6.07) is 11.1. The van der Waals surface area contributed by atoms with Crippen molar-refractivity contribution in [3.8, 4) is 16.2 Å². The molecule has 0 bridgehead atoms. The molecule has 182 valence electrons. The van der Waals surface area contributed by atoms with Gasteiger partial charge in [-0.15, -0.1) is 11.3 Å². The van der Waals surface area contributed by atoms with Gasteiger partial charge in [-0.3, -0.25) is 14.6 Å². The summed E-state index contributed by atoms with van der Waals surface area (Å²) in [4.78, 5) is 34.8. The normalized spacial score (nSPS) is 13.0. The molecule has 0 spiro atoms. The lowest BCUT2D eigenvalue weighted by Gasteiger charge is -2.20. The van der Waals surface area contributed by atoms with Gasteiger partial charge in [0.15, 0.2) is 6.61 Å². The number of nitrogens with one attached hydrogen (secondary N) is 3. The van der Waals surface area contributed by atoms with Gasteiger partial charge in [0.1, 0.15) is 11.6 Å². The van der Waals surface area contributed by atoms with Crippen molar-refractivity contribution in [2.75, 3.05) is 37.0 Å². The molecule has 3 N–H and O–H groups in total. The molecule has 10 heteroatoms. The Hall–Kier alpha value is -3.76. The van der Waals surface area contributed by atoms with E-state index in [1.165, 1.54) is 11.3 Å². The molecular weight excluding hydrogens is 466 g/mol. The maximum Gasteiger partial charge on any atom is 0.266 e. The van der Waals surface area contributed by atoms with Gasteiger partial charge in [-0.1, -0.05) is 0 Å². The van der Waals surface area contributed by atoms with Crippen LogP contribution in [-0.2, 0) is 9.53 Å². The number of ether oxygens (including phenoxy) is 2. The van der Waals surface area contributed by atoms with Crippen molar-refractivity contribution < 1.29 is 19.1 Å². The summed E-state index contributed by atoms with van der Waals surface area (Å²) in [6.07, 6.45) is 4.26. The van der Waals surface area contributed by atoms with Crippen molar-refractivity contribution in [1.29, 1.82) is 0 Å². The first-order valence-electron chi connectivity index (χ1n) is 11.3. The Morgan fingerprint density at radius 2 is 2.09 bits per heavy atom. The Kier molecular flexibility index (Phi) is 8.07. The minimum atomic E-state index is -0.239. The van der Waals surface area contributed by atoms with Crippen molar-refractivity contribution in [1.82, 2.24) is 10.3 Å². The fourth-order valence-corrected chi connectivity index (χ4v) is 4.36. The number of amidine groups is 1. The van der Waals surface area contributed by atoms with Crippen molar-refractivity contribution in [3.63, 3.8) is 0 Å². The first kappa shape index (κ1) is 24.4. The minimum Gasteiger partial charge on any atom is -0.482 e. The molecule has 0 saturated carbocycles. The quantitative estimate of drug-likeness (QED) is 0.230. The highest BCUT2D eigenvalue weighted by Gasteiger charge is 2.19. The highest BCUT2D eigenvalue weighted by atomic mass is 32.1. The molecule has 35 heavy (non-hydrogen) atoms. The van der Waals surface area contributed by atoms with Gasteiger partial charge in [-0.2, -0.15) is 0 Å². The van der Waals surface area contributed by atoms with Crippen LogP contribution in [0.4, 0.5) is 17.1 Å². The number of rotatable bonds is 9. The average Bonchev–Trinajstić information content (AvgIpc) is 3.35. The Morgan fingerprint density at radius 1 is 1.26 bits per heavy atom. The van der Waals surface area contributed by atoms with Gasteiger partial charge >= 0.3 is 0 Å². The third-order valence-corrected chi connectivity index (χ3v) is 6.23. The first-order chi connectivity index (χ1) is 17.0. The Bertz CT molecular complexity index is 1230. The second kappa shape index (κ2) is 11.6. The van der Waals surface area contributed by atoms with E-state index in [1.54, 1.807) is 31.5 Å². The molecule has 3 aromatic rings. The van der Waals surface area contributed by atoms with Crippen LogP contribution in [0.25, 0.3) is 10.4 Å². The Labute approximate surface area is 207 Å². The highest BCUT2D eigenvalue weighted by Crippen LogP contribution is 2.38. The van der Waals surface area contributed by atoms with E-state index in [2.05, 4.69) is 25.9 Å². The number of hydrogen-bond acceptors (Lipinski definition) is 8. The van der Waals surface area contributed by atoms with Crippen molar-refractivity contribution in [3.05, 3.63) is 53.7 Å². The maximum atomic E-state index is 12.8. The zero-order valence-electron chi connectivity index (χ0n) is 19.6. The second-order valence-corrected chi connectivity index (χ2v) is 8.81. The summed E-state index contributed by atoms with van der Waals surface area (Å²) in [5, 5.41) is 9.00. The molecule has 1 aromatic carbocycles. The number of nitrogens with zero attached hydrogens (tertiary/aromatic N) is 2. The molecule has 4 rings (SSSR count). The number of fused-ring (bicyclic) bond motifs is 1. The summed E-state index contributed by atoms with van der Waals surface area (Å²) >= 11 is 1.40. The fraction of sp³-hybridized carbons (Fsp3) is 0.280. The van der Waals surface area contributed by atoms with Crippen LogP contribution in [0.15, 0.2) is 53.8 Å². The molecule has 9 nitrogen and oxygen atoms in total. The molecule has 0 radical (unpaired) electrons. The largest absolute Gasteiger partial charge is 0.482 e. The number of carbonyl (C=O) groups is 2. The van der Waals surface area contributed by atoms with Gasteiger partial charge in [-0.25, -0.2) is 4.99 Å². The van der Waals surface area contributed by atoms with Crippen LogP contribution in [0.5, 0.6) is 5.75 Å². The molecule has 0 unspecified atom stereocenters. The predicted octanol–water partition coefficient (Wildman–Crippen LogP) is 4.46. The van der Waals surface area contributed by atoms with Gasteiger partial charge < -0.3 is 25.4 Å². The van der Waals surface area contributed by atoms with E-state index in [9.17, 15) is 9.59 Å². The number of hydrogen-bond donors (Lipinski definition) is 3. The van der Waals surface area contributed by atoms with E-state index in [-0.39, 0.29) is 18.4 Å². The monoisotopic (exact) mass is 493 g/mol. The van der Waals surface area contributed by atoms with Gasteiger partial charge in [0, 0.05) is 43.1 Å². The third kappa shape index (κ3) is 6.43. The van der Waals surface area contributed by atoms with Crippen LogP contribution in [0, 0.1) is 0 Å². The molecule has 0 aliphatic carbocycles. The molecule has 1 aliphatic rings. The molecule has 2 aromatic heterocycles. The van der Waals surface area contributed by atoms with E-state index >= 15 is 0 Å². The lowest BCUT2D eigenvalue weighted by Crippen LogP contribution is -2.27. The lowest BCUT2D eigenvalue weighted by molar-refractivity contribution is -0.118. The minimum absolute atomic E-state index is 0.0310. The van der Waals surface area contributed by atoms with Crippen molar-refractivity contribution in [2.45, 2.75) is 20.3 Å². The van der Waals surface area contributed by atoms with Gasteiger partial charge in [0.2, 0.25) is 0 Å². The smallest absolute Gasteiger partial charge is 0.266 e. The maximum absolute atomic E-state index is 12.8. The Morgan fingerprint density at radius 3 is 2.89 bits per heavy atom. The molecule has 0 atom stereocenters. The predicted molar refractivity (Wildman–Crippen MR) is 138 cm³/mol. The summed E-state index contributed by atoms with van der Waals surface area (Å²) < 4.78 is 10.9. The van der Waals surface area contributed by atoms with Gasteiger partial charge in [-0.05, 0) is 56.2 Å². The first-order valence-corrected chi connectivity index (χ1v) is 12.1. The molecular formula is C25H27N5O4S. The summed E-state index contributed by atoms with van der Waals surface area (Å²) in [5.41, 5.74) is 2.86. The fourth-order valence-electron chi connectivity index (χ4n) is 3.46. The zero-order valence-corrected chi connectivity index (χ0v) is 20.4. The average molecular weight is 494 g/mol. The van der Waals surface area contributed by atoms with Crippen LogP contribution in [0.1, 0.15) is 29.9 Å². The molecule has 1 aliphatic heterocycles. The van der Waals surface area contributed by atoms with E-state index < -0.39 is 0 Å². The van der Waals surface area contributed by atoms with E-state index in [1.807, 2.05) is 31.2 Å². The highest BCUT2D eigenvalue weighted by molar-refractivity contribution is 7.17. The number of aromatic nitrogens is 1. The number of benzene rings is 1. The molecule has 0 saturated heterocycles. The SMILES string of the molecule is CCOCCCNc1cc2c(cc1N=C(C)NC(=O)c1ccc(-c3ccncc3)s1)NC(=O)CO2. The van der Waals surface area contributed by atoms with Crippen LogP contribution < -0.4 is 20.7 Å². The number of thiophene rings is 1. The van der Waals surface area contributed by atoms with Crippen molar-refractivity contribution >= 4 is 46.0 Å². The van der Waals surface area contributed by atoms with E-state index in [0.29, 0.717) is 47.6 Å². The topological polar surface area (TPSA) is 114 Å². The lowest BCUT2D eigenvalue weighted by atomic mass is 10.2.